The summed E-state index contributed by atoms with van der Waals surface area (Å²) in [6, 6.07) is 9.63. The van der Waals surface area contributed by atoms with Gasteiger partial charge in [0.15, 0.2) is 0 Å². The molecule has 0 saturated carbocycles. The number of hydrogen-bond donors (Lipinski definition) is 1. The van der Waals surface area contributed by atoms with Crippen LogP contribution in [0.15, 0.2) is 40.9 Å². The summed E-state index contributed by atoms with van der Waals surface area (Å²) in [6.07, 6.45) is -0.525. The molecular formula is C16H16BrFO3. The Labute approximate surface area is 131 Å². The largest absolute Gasteiger partial charge is 0.496 e. The van der Waals surface area contributed by atoms with Crippen molar-refractivity contribution in [2.24, 2.45) is 0 Å². The first-order valence-corrected chi connectivity index (χ1v) is 7.18. The number of aliphatic hydroxyl groups is 1. The highest BCUT2D eigenvalue weighted by molar-refractivity contribution is 9.10. The minimum atomic E-state index is -0.816. The number of aliphatic hydroxyl groups excluding tert-OH is 1. The SMILES string of the molecule is COc1cc(C(O)Cc2cccc(F)c2)c(OC)cc1Br. The smallest absolute Gasteiger partial charge is 0.133 e. The normalized spacial score (nSPS) is 12.0. The van der Waals surface area contributed by atoms with Crippen molar-refractivity contribution in [3.63, 3.8) is 0 Å². The second kappa shape index (κ2) is 6.91. The number of benzene rings is 2. The predicted molar refractivity (Wildman–Crippen MR) is 82.3 cm³/mol. The zero-order chi connectivity index (χ0) is 15.4. The predicted octanol–water partition coefficient (Wildman–Crippen LogP) is 3.88. The maximum atomic E-state index is 13.2. The Morgan fingerprint density at radius 2 is 1.86 bits per heavy atom. The van der Waals surface area contributed by atoms with E-state index in [0.29, 0.717) is 29.0 Å². The van der Waals surface area contributed by atoms with Crippen molar-refractivity contribution in [1.29, 1.82) is 0 Å². The number of halogens is 2. The Morgan fingerprint density at radius 1 is 1.14 bits per heavy atom. The molecule has 0 radical (unpaired) electrons. The van der Waals surface area contributed by atoms with Gasteiger partial charge in [-0.3, -0.25) is 0 Å². The molecule has 2 aromatic carbocycles. The molecule has 2 aromatic rings. The van der Waals surface area contributed by atoms with Gasteiger partial charge < -0.3 is 14.6 Å². The third kappa shape index (κ3) is 3.74. The quantitative estimate of drug-likeness (QED) is 0.885. The minimum absolute atomic E-state index is 0.291. The molecule has 0 fully saturated rings. The molecule has 2 rings (SSSR count). The standard InChI is InChI=1S/C16H16BrFO3/c1-20-15-9-13(17)16(21-2)8-12(15)14(19)7-10-4-3-5-11(18)6-10/h3-6,8-9,14,19H,7H2,1-2H3. The third-order valence-corrected chi connectivity index (χ3v) is 3.80. The first-order chi connectivity index (χ1) is 10.0. The lowest BCUT2D eigenvalue weighted by atomic mass is 10.0. The highest BCUT2D eigenvalue weighted by atomic mass is 79.9. The summed E-state index contributed by atoms with van der Waals surface area (Å²) in [4.78, 5) is 0. The van der Waals surface area contributed by atoms with Gasteiger partial charge in [0.25, 0.3) is 0 Å². The van der Waals surface area contributed by atoms with Crippen molar-refractivity contribution in [1.82, 2.24) is 0 Å². The lowest BCUT2D eigenvalue weighted by molar-refractivity contribution is 0.173. The monoisotopic (exact) mass is 354 g/mol. The molecule has 0 amide bonds. The average Bonchev–Trinajstić information content (AvgIpc) is 2.46. The van der Waals surface area contributed by atoms with Crippen LogP contribution in [0.3, 0.4) is 0 Å². The highest BCUT2D eigenvalue weighted by Gasteiger charge is 2.17. The van der Waals surface area contributed by atoms with Crippen LogP contribution in [0, 0.1) is 5.82 Å². The van der Waals surface area contributed by atoms with Crippen molar-refractivity contribution < 1.29 is 19.0 Å². The van der Waals surface area contributed by atoms with Gasteiger partial charge in [-0.05, 0) is 45.8 Å². The van der Waals surface area contributed by atoms with E-state index in [1.54, 1.807) is 31.4 Å². The summed E-state index contributed by atoms with van der Waals surface area (Å²) in [6.45, 7) is 0. The molecule has 3 nitrogen and oxygen atoms in total. The fourth-order valence-electron chi connectivity index (χ4n) is 2.14. The van der Waals surface area contributed by atoms with Gasteiger partial charge in [0, 0.05) is 12.0 Å². The van der Waals surface area contributed by atoms with Crippen LogP contribution >= 0.6 is 15.9 Å². The van der Waals surface area contributed by atoms with Gasteiger partial charge in [0.1, 0.15) is 17.3 Å². The van der Waals surface area contributed by atoms with Gasteiger partial charge in [0.2, 0.25) is 0 Å². The second-order valence-corrected chi connectivity index (χ2v) is 5.43. The molecular weight excluding hydrogens is 339 g/mol. The van der Waals surface area contributed by atoms with Gasteiger partial charge in [-0.2, -0.15) is 0 Å². The maximum absolute atomic E-state index is 13.2. The Morgan fingerprint density at radius 3 is 2.48 bits per heavy atom. The molecule has 1 N–H and O–H groups in total. The van der Waals surface area contributed by atoms with Crippen LogP contribution in [-0.4, -0.2) is 19.3 Å². The zero-order valence-corrected chi connectivity index (χ0v) is 13.4. The lowest BCUT2D eigenvalue weighted by Gasteiger charge is -2.17. The van der Waals surface area contributed by atoms with E-state index in [4.69, 9.17) is 9.47 Å². The number of rotatable bonds is 5. The van der Waals surface area contributed by atoms with Gasteiger partial charge in [-0.25, -0.2) is 4.39 Å². The van der Waals surface area contributed by atoms with Crippen LogP contribution in [0.4, 0.5) is 4.39 Å². The molecule has 21 heavy (non-hydrogen) atoms. The topological polar surface area (TPSA) is 38.7 Å². The van der Waals surface area contributed by atoms with E-state index in [1.165, 1.54) is 19.2 Å². The Hall–Kier alpha value is -1.59. The van der Waals surface area contributed by atoms with Gasteiger partial charge >= 0.3 is 0 Å². The molecule has 0 aliphatic rings. The first kappa shape index (κ1) is 15.8. The molecule has 112 valence electrons. The maximum Gasteiger partial charge on any atom is 0.133 e. The van der Waals surface area contributed by atoms with E-state index in [0.717, 1.165) is 4.47 Å². The summed E-state index contributed by atoms with van der Waals surface area (Å²) in [5.74, 6) is 0.829. The fraction of sp³-hybridized carbons (Fsp3) is 0.250. The van der Waals surface area contributed by atoms with Crippen LogP contribution < -0.4 is 9.47 Å². The summed E-state index contributed by atoms with van der Waals surface area (Å²) < 4.78 is 24.5. The van der Waals surface area contributed by atoms with Gasteiger partial charge in [-0.1, -0.05) is 12.1 Å². The number of methoxy groups -OCH3 is 2. The molecule has 1 unspecified atom stereocenters. The molecule has 5 heteroatoms. The zero-order valence-electron chi connectivity index (χ0n) is 11.8. The van der Waals surface area contributed by atoms with Crippen LogP contribution in [0.2, 0.25) is 0 Å². The van der Waals surface area contributed by atoms with Crippen molar-refractivity contribution in [3.05, 3.63) is 57.8 Å². The van der Waals surface area contributed by atoms with Gasteiger partial charge in [0.05, 0.1) is 24.8 Å². The molecule has 0 aliphatic heterocycles. The summed E-state index contributed by atoms with van der Waals surface area (Å²) in [5, 5.41) is 10.4. The first-order valence-electron chi connectivity index (χ1n) is 6.39. The van der Waals surface area contributed by atoms with E-state index < -0.39 is 6.10 Å². The summed E-state index contributed by atoms with van der Waals surface area (Å²) >= 11 is 3.37. The van der Waals surface area contributed by atoms with Crippen LogP contribution in [0.25, 0.3) is 0 Å². The third-order valence-electron chi connectivity index (χ3n) is 3.18. The van der Waals surface area contributed by atoms with Crippen LogP contribution in [0.1, 0.15) is 17.2 Å². The van der Waals surface area contributed by atoms with Crippen molar-refractivity contribution in [2.45, 2.75) is 12.5 Å². The Balaban J connectivity index is 2.31. The van der Waals surface area contributed by atoms with Crippen LogP contribution in [0.5, 0.6) is 11.5 Å². The van der Waals surface area contributed by atoms with Gasteiger partial charge in [-0.15, -0.1) is 0 Å². The molecule has 0 heterocycles. The van der Waals surface area contributed by atoms with E-state index >= 15 is 0 Å². The Kier molecular flexibility index (Phi) is 5.20. The Bertz CT molecular complexity index is 631. The molecule has 1 atom stereocenters. The summed E-state index contributed by atoms with van der Waals surface area (Å²) in [7, 11) is 3.09. The van der Waals surface area contributed by atoms with Crippen molar-refractivity contribution in [3.8, 4) is 11.5 Å². The average molecular weight is 355 g/mol. The second-order valence-electron chi connectivity index (χ2n) is 4.58. The highest BCUT2D eigenvalue weighted by Crippen LogP contribution is 2.36. The van der Waals surface area contributed by atoms with E-state index in [1.807, 2.05) is 0 Å². The van der Waals surface area contributed by atoms with E-state index in [-0.39, 0.29) is 5.82 Å². The molecule has 0 bridgehead atoms. The molecule has 0 spiro atoms. The van der Waals surface area contributed by atoms with Crippen molar-refractivity contribution >= 4 is 15.9 Å². The number of hydrogen-bond acceptors (Lipinski definition) is 3. The molecule has 0 saturated heterocycles. The fourth-order valence-corrected chi connectivity index (χ4v) is 2.63. The number of ether oxygens (including phenoxy) is 2. The molecule has 0 aromatic heterocycles. The van der Waals surface area contributed by atoms with E-state index in [9.17, 15) is 9.50 Å². The summed E-state index contributed by atoms with van der Waals surface area (Å²) in [5.41, 5.74) is 1.31. The molecule has 0 aliphatic carbocycles. The van der Waals surface area contributed by atoms with Crippen molar-refractivity contribution in [2.75, 3.05) is 14.2 Å². The lowest BCUT2D eigenvalue weighted by Crippen LogP contribution is -2.05. The van der Waals surface area contributed by atoms with Crippen LogP contribution in [-0.2, 0) is 6.42 Å². The van der Waals surface area contributed by atoms with E-state index in [2.05, 4.69) is 15.9 Å². The minimum Gasteiger partial charge on any atom is -0.496 e.